The van der Waals surface area contributed by atoms with E-state index < -0.39 is 6.10 Å². The SMILES string of the molecule is N#Cc1cccc(C(=O)NCC(O)c2cc3ccccc3s2)c1. The molecule has 4 nitrogen and oxygen atoms in total. The van der Waals surface area contributed by atoms with E-state index in [1.165, 1.54) is 17.4 Å². The van der Waals surface area contributed by atoms with Crippen molar-refractivity contribution in [3.63, 3.8) is 0 Å². The molecule has 23 heavy (non-hydrogen) atoms. The number of hydrogen-bond donors (Lipinski definition) is 2. The van der Waals surface area contributed by atoms with E-state index in [9.17, 15) is 9.90 Å². The van der Waals surface area contributed by atoms with Crippen LogP contribution in [-0.4, -0.2) is 17.6 Å². The maximum absolute atomic E-state index is 12.1. The molecule has 1 amide bonds. The fraction of sp³-hybridized carbons (Fsp3) is 0.111. The lowest BCUT2D eigenvalue weighted by Gasteiger charge is -2.10. The molecule has 1 heterocycles. The molecule has 5 heteroatoms. The summed E-state index contributed by atoms with van der Waals surface area (Å²) in [5.74, 6) is -0.303. The molecule has 114 valence electrons. The highest BCUT2D eigenvalue weighted by Gasteiger charge is 2.13. The highest BCUT2D eigenvalue weighted by molar-refractivity contribution is 7.19. The maximum Gasteiger partial charge on any atom is 0.251 e. The Kier molecular flexibility index (Phi) is 4.38. The van der Waals surface area contributed by atoms with Gasteiger partial charge in [0.1, 0.15) is 6.10 Å². The summed E-state index contributed by atoms with van der Waals surface area (Å²) in [7, 11) is 0. The van der Waals surface area contributed by atoms with Crippen LogP contribution in [-0.2, 0) is 0 Å². The molecule has 0 bridgehead atoms. The average Bonchev–Trinajstić information content (AvgIpc) is 3.03. The molecule has 0 saturated heterocycles. The summed E-state index contributed by atoms with van der Waals surface area (Å²) < 4.78 is 1.11. The van der Waals surface area contributed by atoms with Crippen molar-refractivity contribution in [3.8, 4) is 6.07 Å². The molecule has 2 aromatic carbocycles. The fourth-order valence-corrected chi connectivity index (χ4v) is 3.34. The maximum atomic E-state index is 12.1. The third-order valence-electron chi connectivity index (χ3n) is 3.48. The summed E-state index contributed by atoms with van der Waals surface area (Å²) in [6.45, 7) is 0.127. The van der Waals surface area contributed by atoms with E-state index in [1.54, 1.807) is 18.2 Å². The van der Waals surface area contributed by atoms with Crippen LogP contribution < -0.4 is 5.32 Å². The van der Waals surface area contributed by atoms with Crippen molar-refractivity contribution in [2.75, 3.05) is 6.54 Å². The Bertz CT molecular complexity index is 862. The first-order valence-corrected chi connectivity index (χ1v) is 7.94. The Morgan fingerprint density at radius 1 is 1.22 bits per heavy atom. The van der Waals surface area contributed by atoms with Gasteiger partial charge in [-0.25, -0.2) is 0 Å². The molecule has 0 fully saturated rings. The van der Waals surface area contributed by atoms with Gasteiger partial charge in [0.25, 0.3) is 5.91 Å². The Hall–Kier alpha value is -2.68. The van der Waals surface area contributed by atoms with Gasteiger partial charge in [0.05, 0.1) is 11.6 Å². The van der Waals surface area contributed by atoms with Crippen molar-refractivity contribution in [1.82, 2.24) is 5.32 Å². The average molecular weight is 322 g/mol. The zero-order valence-electron chi connectivity index (χ0n) is 12.2. The lowest BCUT2D eigenvalue weighted by atomic mass is 10.1. The molecule has 1 unspecified atom stereocenters. The predicted molar refractivity (Wildman–Crippen MR) is 90.3 cm³/mol. The number of aliphatic hydroxyl groups is 1. The van der Waals surface area contributed by atoms with Crippen LogP contribution in [0.1, 0.15) is 26.9 Å². The second-order valence-electron chi connectivity index (χ2n) is 5.11. The number of nitrogens with one attached hydrogen (secondary N) is 1. The minimum absolute atomic E-state index is 0.127. The molecule has 3 rings (SSSR count). The molecular weight excluding hydrogens is 308 g/mol. The normalized spacial score (nSPS) is 11.8. The van der Waals surface area contributed by atoms with Gasteiger partial charge in [0.2, 0.25) is 0 Å². The van der Waals surface area contributed by atoms with E-state index in [2.05, 4.69) is 5.32 Å². The van der Waals surface area contributed by atoms with Crippen molar-refractivity contribution in [1.29, 1.82) is 5.26 Å². The molecule has 0 aliphatic heterocycles. The van der Waals surface area contributed by atoms with Gasteiger partial charge in [0.15, 0.2) is 0 Å². The van der Waals surface area contributed by atoms with Crippen LogP contribution in [0.25, 0.3) is 10.1 Å². The zero-order chi connectivity index (χ0) is 16.2. The van der Waals surface area contributed by atoms with Crippen molar-refractivity contribution in [2.45, 2.75) is 6.10 Å². The van der Waals surface area contributed by atoms with E-state index in [-0.39, 0.29) is 12.5 Å². The molecule has 1 aromatic heterocycles. The van der Waals surface area contributed by atoms with Crippen LogP contribution >= 0.6 is 11.3 Å². The highest BCUT2D eigenvalue weighted by atomic mass is 32.1. The number of nitriles is 1. The summed E-state index contributed by atoms with van der Waals surface area (Å²) in [4.78, 5) is 12.9. The van der Waals surface area contributed by atoms with Crippen molar-refractivity contribution in [3.05, 3.63) is 70.6 Å². The number of fused-ring (bicyclic) bond motifs is 1. The van der Waals surface area contributed by atoms with Gasteiger partial charge in [-0.15, -0.1) is 11.3 Å². The smallest absolute Gasteiger partial charge is 0.251 e. The van der Waals surface area contributed by atoms with E-state index in [0.29, 0.717) is 11.1 Å². The van der Waals surface area contributed by atoms with Gasteiger partial charge in [-0.1, -0.05) is 24.3 Å². The van der Waals surface area contributed by atoms with E-state index in [0.717, 1.165) is 15.0 Å². The second kappa shape index (κ2) is 6.61. The van der Waals surface area contributed by atoms with Crippen LogP contribution in [0.5, 0.6) is 0 Å². The number of hydrogen-bond acceptors (Lipinski definition) is 4. The number of nitrogens with zero attached hydrogens (tertiary/aromatic N) is 1. The fourth-order valence-electron chi connectivity index (χ4n) is 2.29. The minimum Gasteiger partial charge on any atom is -0.386 e. The van der Waals surface area contributed by atoms with Gasteiger partial charge in [-0.3, -0.25) is 4.79 Å². The Morgan fingerprint density at radius 3 is 2.83 bits per heavy atom. The number of aliphatic hydroxyl groups excluding tert-OH is 1. The molecule has 0 spiro atoms. The van der Waals surface area contributed by atoms with Gasteiger partial charge in [0, 0.05) is 21.7 Å². The number of rotatable bonds is 4. The third kappa shape index (κ3) is 3.39. The highest BCUT2D eigenvalue weighted by Crippen LogP contribution is 2.29. The van der Waals surface area contributed by atoms with Crippen molar-refractivity contribution >= 4 is 27.3 Å². The molecule has 0 radical (unpaired) electrons. The topological polar surface area (TPSA) is 73.1 Å². The van der Waals surface area contributed by atoms with Gasteiger partial charge in [-0.05, 0) is 35.7 Å². The van der Waals surface area contributed by atoms with Gasteiger partial charge in [-0.2, -0.15) is 5.26 Å². The standard InChI is InChI=1S/C18H14N2O2S/c19-10-12-4-3-6-14(8-12)18(22)20-11-15(21)17-9-13-5-1-2-7-16(13)23-17/h1-9,15,21H,11H2,(H,20,22). The summed E-state index contributed by atoms with van der Waals surface area (Å²) in [6, 6.07) is 18.3. The third-order valence-corrected chi connectivity index (χ3v) is 4.70. The first-order chi connectivity index (χ1) is 11.2. The zero-order valence-corrected chi connectivity index (χ0v) is 13.0. The molecule has 3 aromatic rings. The minimum atomic E-state index is -0.754. The molecule has 1 atom stereocenters. The number of carbonyl (C=O) groups is 1. The molecule has 2 N–H and O–H groups in total. The van der Waals surface area contributed by atoms with Crippen molar-refractivity contribution < 1.29 is 9.90 Å². The number of carbonyl (C=O) groups excluding carboxylic acids is 1. The second-order valence-corrected chi connectivity index (χ2v) is 6.22. The number of benzene rings is 2. The molecule has 0 saturated carbocycles. The predicted octanol–water partition coefficient (Wildman–Crippen LogP) is 3.24. The molecule has 0 aliphatic carbocycles. The lowest BCUT2D eigenvalue weighted by Crippen LogP contribution is -2.28. The quantitative estimate of drug-likeness (QED) is 0.774. The summed E-state index contributed by atoms with van der Waals surface area (Å²) >= 11 is 1.51. The van der Waals surface area contributed by atoms with Crippen LogP contribution in [0.15, 0.2) is 54.6 Å². The first-order valence-electron chi connectivity index (χ1n) is 7.12. The Morgan fingerprint density at radius 2 is 2.04 bits per heavy atom. The van der Waals surface area contributed by atoms with Crippen LogP contribution in [0.2, 0.25) is 0 Å². The number of amides is 1. The molecular formula is C18H14N2O2S. The first kappa shape index (κ1) is 15.2. The summed E-state index contributed by atoms with van der Waals surface area (Å²) in [5.41, 5.74) is 0.843. The van der Waals surface area contributed by atoms with Crippen molar-refractivity contribution in [2.24, 2.45) is 0 Å². The van der Waals surface area contributed by atoms with Crippen LogP contribution in [0.4, 0.5) is 0 Å². The lowest BCUT2D eigenvalue weighted by molar-refractivity contribution is 0.0918. The van der Waals surface area contributed by atoms with E-state index in [4.69, 9.17) is 5.26 Å². The summed E-state index contributed by atoms with van der Waals surface area (Å²) in [6.07, 6.45) is -0.754. The van der Waals surface area contributed by atoms with Gasteiger partial charge >= 0.3 is 0 Å². The largest absolute Gasteiger partial charge is 0.386 e. The van der Waals surface area contributed by atoms with E-state index in [1.807, 2.05) is 36.4 Å². The number of thiophene rings is 1. The van der Waals surface area contributed by atoms with Crippen LogP contribution in [0, 0.1) is 11.3 Å². The van der Waals surface area contributed by atoms with Gasteiger partial charge < -0.3 is 10.4 Å². The van der Waals surface area contributed by atoms with Crippen LogP contribution in [0.3, 0.4) is 0 Å². The summed E-state index contributed by atoms with van der Waals surface area (Å²) in [5, 5.41) is 22.9. The Balaban J connectivity index is 1.67. The Labute approximate surface area is 137 Å². The molecule has 0 aliphatic rings. The van der Waals surface area contributed by atoms with E-state index >= 15 is 0 Å². The monoisotopic (exact) mass is 322 g/mol.